The molecule has 4 aromatic heterocycles. The molecule has 3 spiro atoms. The summed E-state index contributed by atoms with van der Waals surface area (Å²) in [5.74, 6) is -1.74. The molecule has 3 aliphatic heterocycles. The second-order valence-electron chi connectivity index (χ2n) is 34.5. The summed E-state index contributed by atoms with van der Waals surface area (Å²) in [5.41, 5.74) is 9.46. The van der Waals surface area contributed by atoms with Gasteiger partial charge in [-0.05, 0) is 199 Å². The van der Waals surface area contributed by atoms with E-state index in [0.29, 0.717) is 95.4 Å². The fourth-order valence-electron chi connectivity index (χ4n) is 16.7. The number of amides is 6. The Kier molecular flexibility index (Phi) is 23.0. The van der Waals surface area contributed by atoms with Gasteiger partial charge >= 0.3 is 0 Å². The summed E-state index contributed by atoms with van der Waals surface area (Å²) in [6.07, 6.45) is 21.2. The van der Waals surface area contributed by atoms with Crippen LogP contribution < -0.4 is 16.0 Å². The van der Waals surface area contributed by atoms with Gasteiger partial charge in [0.15, 0.2) is 0 Å². The van der Waals surface area contributed by atoms with E-state index in [9.17, 15) is 56.0 Å². The van der Waals surface area contributed by atoms with Crippen molar-refractivity contribution >= 4 is 82.7 Å². The summed E-state index contributed by atoms with van der Waals surface area (Å²) in [5, 5.41) is 19.2. The Labute approximate surface area is 683 Å². The van der Waals surface area contributed by atoms with E-state index in [1.807, 2.05) is 140 Å². The third-order valence-electron chi connectivity index (χ3n) is 23.1. The average Bonchev–Trinajstić information content (AvgIpc) is 1.58. The number of nitriles is 1. The van der Waals surface area contributed by atoms with Crippen molar-refractivity contribution in [2.24, 2.45) is 16.2 Å². The molecule has 9 aromatic rings. The molecule has 23 heteroatoms. The maximum Gasteiger partial charge on any atom is 0.237 e. The number of pyridine rings is 4. The van der Waals surface area contributed by atoms with Crippen LogP contribution in [0.2, 0.25) is 5.02 Å². The first-order valence-corrected chi connectivity index (χ1v) is 39.5. The molecule has 0 saturated heterocycles. The Morgan fingerprint density at radius 3 is 1.27 bits per heavy atom. The molecular weight excluding hydrogens is 1510 g/mol. The lowest BCUT2D eigenvalue weighted by Crippen LogP contribution is -2.41. The lowest BCUT2D eigenvalue weighted by Gasteiger charge is -2.34. The lowest BCUT2D eigenvalue weighted by atomic mass is 9.79. The highest BCUT2D eigenvalue weighted by Crippen LogP contribution is 2.51. The van der Waals surface area contributed by atoms with Gasteiger partial charge in [0.25, 0.3) is 0 Å². The van der Waals surface area contributed by atoms with Gasteiger partial charge in [-0.1, -0.05) is 147 Å². The Morgan fingerprint density at radius 1 is 0.479 bits per heavy atom. The van der Waals surface area contributed by atoms with E-state index in [1.54, 1.807) is 99.2 Å². The number of nitrogens with zero attached hydrogens (tertiary/aromatic N) is 8. The average molecular weight is 1600 g/mol. The number of aromatic nitrogens is 4. The van der Waals surface area contributed by atoms with Gasteiger partial charge in [-0.15, -0.1) is 0 Å². The van der Waals surface area contributed by atoms with Crippen LogP contribution in [0.5, 0.6) is 0 Å². The Hall–Kier alpha value is -11.8. The van der Waals surface area contributed by atoms with E-state index in [2.05, 4.69) is 48.0 Å². The number of halogens is 6. The lowest BCUT2D eigenvalue weighted by molar-refractivity contribution is -0.141. The number of benzene rings is 5. The van der Waals surface area contributed by atoms with Gasteiger partial charge in [0, 0.05) is 107 Å². The molecular formula is C94H93ClF5N11O6. The zero-order valence-electron chi connectivity index (χ0n) is 67.7. The van der Waals surface area contributed by atoms with Gasteiger partial charge in [0.05, 0.1) is 46.0 Å². The minimum absolute atomic E-state index is 0.0100. The molecule has 0 bridgehead atoms. The first-order chi connectivity index (χ1) is 55.3. The second-order valence-corrected chi connectivity index (χ2v) is 34.9. The van der Waals surface area contributed by atoms with Gasteiger partial charge in [0.1, 0.15) is 46.5 Å². The minimum Gasteiger partial charge on any atom is -0.332 e. The van der Waals surface area contributed by atoms with Crippen molar-refractivity contribution in [3.63, 3.8) is 0 Å². The van der Waals surface area contributed by atoms with Crippen molar-refractivity contribution in [3.8, 4) is 6.07 Å². The van der Waals surface area contributed by atoms with Crippen LogP contribution >= 0.6 is 11.6 Å². The Bertz CT molecular complexity index is 5620. The maximum absolute atomic E-state index is 14.3. The van der Waals surface area contributed by atoms with Crippen LogP contribution in [0.15, 0.2) is 164 Å². The fraction of sp³-hybridized carbons (Fsp3) is 0.330. The highest BCUT2D eigenvalue weighted by atomic mass is 35.5. The molecule has 5 aromatic carbocycles. The number of rotatable bonds is 15. The second kappa shape index (κ2) is 32.3. The standard InChI is InChI=1S/C32H30F2N4O2.C31H30ClF2N3O2.C31H33FN4O2/c1-19(21-13-25(33)15-26(34)14-21)38(30(40)31(2,3)4)10-6-7-20-11-22-16-32(17-23(22)12-24(20)18-35)27-8-5-9-36-28(27)37-29(32)39;1-18(20-12-23(33)15-24(34)13-20)37(29(39)30(2,3)4)10-6-7-19-11-21-16-31(17-22(21)14-26(19)32)25-8-5-9-35-27(25)36-28(31)38;1-19-10-11-22(15-25(19)32)20(2)36(29(38)30(3,4)5)13-7-8-21-14-23-16-31(17-26(23)34-18-21)24-9-6-12-33-27(24)35-28(31)37/h5-9,11-15,19H,10,16-17H2,1-4H3,(H,36,37,39);5-9,11-15,18H,10,16-17H2,1-4H3,(H,35,36,38);6-12,14-15,18,20H,13,16-17H2,1-5H3,(H,33,35,37)/b2*7-6+;8-7+/t19-,32+;18-,31+;20-,31+/m111/s1. The van der Waals surface area contributed by atoms with Gasteiger partial charge in [-0.3, -0.25) is 33.8 Å². The van der Waals surface area contributed by atoms with Gasteiger partial charge in [-0.2, -0.15) is 5.26 Å². The molecule has 17 nitrogen and oxygen atoms in total. The number of aryl methyl sites for hydroxylation is 1. The summed E-state index contributed by atoms with van der Waals surface area (Å²) in [4.78, 5) is 102. The largest absolute Gasteiger partial charge is 0.332 e. The van der Waals surface area contributed by atoms with E-state index >= 15 is 0 Å². The normalized spacial score (nSPS) is 18.7. The number of carbonyl (C=O) groups excluding carboxylic acids is 6. The van der Waals surface area contributed by atoms with Gasteiger partial charge in [0.2, 0.25) is 35.4 Å². The molecule has 0 fully saturated rings. The number of carbonyl (C=O) groups is 6. The summed E-state index contributed by atoms with van der Waals surface area (Å²) in [6.45, 7) is 24.4. The SMILES string of the molecule is C[C@H](c1cc(F)cc(F)c1)N(C/C=C/c1cc2c(cc1C#N)C[C@]1(C2)C(=O)Nc2ncccc21)C(=O)C(C)(C)C.C[C@H](c1cc(F)cc(F)c1)N(C/C=C/c1cc2c(cc1Cl)C[C@]1(C2)C(=O)Nc2ncccc21)C(=O)C(C)(C)C.Cc1ccc([C@@H](C)N(C/C=C/c2cnc3c(c2)C[C@@]2(C3)C(=O)Nc3ncccc32)C(=O)C(C)(C)C)cc1F. The van der Waals surface area contributed by atoms with Crippen LogP contribution in [-0.2, 0) is 83.5 Å². The molecule has 7 heterocycles. The minimum atomic E-state index is -0.743. The van der Waals surface area contributed by atoms with E-state index in [1.165, 1.54) is 30.3 Å². The smallest absolute Gasteiger partial charge is 0.237 e. The van der Waals surface area contributed by atoms with Gasteiger partial charge < -0.3 is 30.7 Å². The van der Waals surface area contributed by atoms with Crippen LogP contribution in [0.4, 0.5) is 39.4 Å². The van der Waals surface area contributed by atoms with Crippen molar-refractivity contribution in [3.05, 3.63) is 293 Å². The van der Waals surface area contributed by atoms with E-state index in [-0.39, 0.29) is 60.4 Å². The Balaban J connectivity index is 0.000000152. The summed E-state index contributed by atoms with van der Waals surface area (Å²) in [6, 6.07) is 33.6. The molecule has 117 heavy (non-hydrogen) atoms. The first-order valence-electron chi connectivity index (χ1n) is 39.1. The molecule has 3 N–H and O–H groups in total. The number of hydrogen-bond donors (Lipinski definition) is 3. The summed E-state index contributed by atoms with van der Waals surface area (Å²) >= 11 is 6.66. The molecule has 6 aliphatic rings. The van der Waals surface area contributed by atoms with Crippen LogP contribution in [-0.4, -0.2) is 89.7 Å². The van der Waals surface area contributed by atoms with Crippen molar-refractivity contribution in [1.29, 1.82) is 5.26 Å². The number of nitrogens with one attached hydrogen (secondary N) is 3. The third kappa shape index (κ3) is 16.7. The predicted octanol–water partition coefficient (Wildman–Crippen LogP) is 18.1. The first kappa shape index (κ1) is 83.1. The highest BCUT2D eigenvalue weighted by Gasteiger charge is 2.54. The number of hydrogen-bond acceptors (Lipinski definition) is 11. The fourth-order valence-corrected chi connectivity index (χ4v) is 17.0. The van der Waals surface area contributed by atoms with Crippen LogP contribution in [0.1, 0.15) is 196 Å². The van der Waals surface area contributed by atoms with Crippen molar-refractivity contribution in [2.45, 2.75) is 163 Å². The van der Waals surface area contributed by atoms with Crippen LogP contribution in [0.25, 0.3) is 18.2 Å². The van der Waals surface area contributed by atoms with Crippen molar-refractivity contribution < 1.29 is 50.7 Å². The number of anilines is 3. The topological polar surface area (TPSA) is 224 Å². The van der Waals surface area contributed by atoms with E-state index in [0.717, 1.165) is 79.0 Å². The molecule has 0 saturated carbocycles. The summed E-state index contributed by atoms with van der Waals surface area (Å²) in [7, 11) is 0. The molecule has 3 aliphatic carbocycles. The molecule has 0 radical (unpaired) electrons. The molecule has 6 atom stereocenters. The van der Waals surface area contributed by atoms with Crippen molar-refractivity contribution in [1.82, 2.24) is 34.6 Å². The molecule has 0 unspecified atom stereocenters. The third-order valence-corrected chi connectivity index (χ3v) is 23.5. The van der Waals surface area contributed by atoms with Gasteiger partial charge in [-0.25, -0.2) is 36.9 Å². The molecule has 6 amide bonds. The monoisotopic (exact) mass is 1600 g/mol. The Morgan fingerprint density at radius 2 is 0.855 bits per heavy atom. The van der Waals surface area contributed by atoms with E-state index < -0.39 is 67.8 Å². The maximum atomic E-state index is 14.3. The van der Waals surface area contributed by atoms with Crippen LogP contribution in [0.3, 0.4) is 0 Å². The molecule has 602 valence electrons. The summed E-state index contributed by atoms with van der Waals surface area (Å²) < 4.78 is 70.0. The zero-order chi connectivity index (χ0) is 84.2. The molecule has 15 rings (SSSR count). The highest BCUT2D eigenvalue weighted by molar-refractivity contribution is 6.32. The number of fused-ring (bicyclic) bond motifs is 9. The predicted molar refractivity (Wildman–Crippen MR) is 442 cm³/mol. The van der Waals surface area contributed by atoms with Crippen LogP contribution in [0, 0.1) is 63.6 Å². The van der Waals surface area contributed by atoms with Crippen molar-refractivity contribution in [2.75, 3.05) is 35.6 Å². The quantitative estimate of drug-likeness (QED) is 0.0819. The van der Waals surface area contributed by atoms with E-state index in [4.69, 9.17) is 11.6 Å². The zero-order valence-corrected chi connectivity index (χ0v) is 68.5.